The number of hydrogen-bond donors (Lipinski definition) is 2. The molecule has 0 spiro atoms. The van der Waals surface area contributed by atoms with Crippen LogP contribution in [0.5, 0.6) is 0 Å². The number of nitrogens with two attached hydrogens (primary N) is 2. The Morgan fingerprint density at radius 2 is 2.11 bits per heavy atom. The lowest BCUT2D eigenvalue weighted by Crippen LogP contribution is -2.38. The van der Waals surface area contributed by atoms with Gasteiger partial charge in [0.05, 0.1) is 0 Å². The van der Waals surface area contributed by atoms with Crippen molar-refractivity contribution in [2.45, 2.75) is 31.8 Å². The Morgan fingerprint density at radius 1 is 1.32 bits per heavy atom. The third kappa shape index (κ3) is 3.73. The molecule has 1 saturated heterocycles. The van der Waals surface area contributed by atoms with Crippen LogP contribution in [0, 0.1) is 11.8 Å². The van der Waals surface area contributed by atoms with E-state index in [0.29, 0.717) is 17.1 Å². The Kier molecular flexibility index (Phi) is 6.33. The van der Waals surface area contributed by atoms with Crippen molar-refractivity contribution in [1.29, 1.82) is 0 Å². The fraction of sp³-hybridized carbons (Fsp3) is 0.750. The Morgan fingerprint density at radius 3 is 2.74 bits per heavy atom. The van der Waals surface area contributed by atoms with Gasteiger partial charge in [0.1, 0.15) is 0 Å². The van der Waals surface area contributed by atoms with E-state index < -0.39 is 0 Å². The largest absolute Gasteiger partial charge is 0.375 e. The first-order chi connectivity index (χ1) is 8.22. The van der Waals surface area contributed by atoms with Gasteiger partial charge in [-0.15, -0.1) is 36.2 Å². The molecule has 1 aromatic heterocycles. The number of halogens is 2. The predicted molar refractivity (Wildman–Crippen MR) is 85.1 cm³/mol. The van der Waals surface area contributed by atoms with Crippen LogP contribution in [0.25, 0.3) is 0 Å². The number of hydrogen-bond acceptors (Lipinski definition) is 5. The van der Waals surface area contributed by atoms with Crippen LogP contribution in [0.2, 0.25) is 0 Å². The number of thiazole rings is 1. The summed E-state index contributed by atoms with van der Waals surface area (Å²) in [6.45, 7) is 3.36. The highest BCUT2D eigenvalue weighted by atomic mass is 35.5. The maximum atomic E-state index is 6.22. The van der Waals surface area contributed by atoms with Gasteiger partial charge in [0.2, 0.25) is 0 Å². The molecule has 3 unspecified atom stereocenters. The van der Waals surface area contributed by atoms with E-state index in [4.69, 9.17) is 11.5 Å². The van der Waals surface area contributed by atoms with Crippen molar-refractivity contribution >= 4 is 41.3 Å². The van der Waals surface area contributed by atoms with Gasteiger partial charge in [0.25, 0.3) is 0 Å². The first-order valence-corrected chi connectivity index (χ1v) is 7.22. The molecule has 0 bridgehead atoms. The second kappa shape index (κ2) is 7.09. The van der Waals surface area contributed by atoms with Crippen LogP contribution >= 0.6 is 36.2 Å². The smallest absolute Gasteiger partial charge is 0.180 e. The lowest BCUT2D eigenvalue weighted by atomic mass is 9.78. The molecule has 3 atom stereocenters. The predicted octanol–water partition coefficient (Wildman–Crippen LogP) is 2.13. The maximum Gasteiger partial charge on any atom is 0.180 e. The Hall–Kier alpha value is -0.0700. The van der Waals surface area contributed by atoms with Gasteiger partial charge in [0.15, 0.2) is 5.13 Å². The van der Waals surface area contributed by atoms with E-state index in [1.807, 2.05) is 6.20 Å². The van der Waals surface area contributed by atoms with E-state index in [2.05, 4.69) is 9.88 Å². The van der Waals surface area contributed by atoms with Crippen molar-refractivity contribution in [1.82, 2.24) is 9.88 Å². The summed E-state index contributed by atoms with van der Waals surface area (Å²) in [7, 11) is 0. The lowest BCUT2D eigenvalue weighted by molar-refractivity contribution is 0.259. The topological polar surface area (TPSA) is 68.2 Å². The molecule has 110 valence electrons. The molecular weight excluding hydrogens is 303 g/mol. The SMILES string of the molecule is Cl.Cl.Nc1ncc(CN2CC3CCCC(N)C3C2)s1. The van der Waals surface area contributed by atoms with Crippen LogP contribution in [-0.2, 0) is 6.54 Å². The van der Waals surface area contributed by atoms with Crippen LogP contribution < -0.4 is 11.5 Å². The highest BCUT2D eigenvalue weighted by molar-refractivity contribution is 7.15. The summed E-state index contributed by atoms with van der Waals surface area (Å²) in [4.78, 5) is 7.90. The molecule has 1 aliphatic carbocycles. The highest BCUT2D eigenvalue weighted by Gasteiger charge is 2.38. The second-order valence-corrected chi connectivity index (χ2v) is 6.52. The van der Waals surface area contributed by atoms with Gasteiger partial charge in [-0.1, -0.05) is 6.42 Å². The van der Waals surface area contributed by atoms with E-state index in [1.54, 1.807) is 11.3 Å². The van der Waals surface area contributed by atoms with Gasteiger partial charge in [-0.25, -0.2) is 4.98 Å². The highest BCUT2D eigenvalue weighted by Crippen LogP contribution is 2.36. The maximum absolute atomic E-state index is 6.22. The van der Waals surface area contributed by atoms with Gasteiger partial charge in [-0.05, 0) is 24.7 Å². The normalized spacial score (nSPS) is 30.3. The summed E-state index contributed by atoms with van der Waals surface area (Å²) in [6, 6.07) is 0.422. The summed E-state index contributed by atoms with van der Waals surface area (Å²) in [6.07, 6.45) is 5.79. The van der Waals surface area contributed by atoms with Gasteiger partial charge in [-0.2, -0.15) is 0 Å². The Labute approximate surface area is 130 Å². The van der Waals surface area contributed by atoms with Gasteiger partial charge < -0.3 is 11.5 Å². The van der Waals surface area contributed by atoms with E-state index in [1.165, 1.54) is 30.7 Å². The third-order valence-corrected chi connectivity index (χ3v) is 4.99. The zero-order valence-electron chi connectivity index (χ0n) is 10.8. The summed E-state index contributed by atoms with van der Waals surface area (Å²) >= 11 is 1.60. The monoisotopic (exact) mass is 324 g/mol. The molecular formula is C12H22Cl2N4S. The Balaban J connectivity index is 0.000000902. The molecule has 1 aromatic rings. The molecule has 0 aromatic carbocycles. The van der Waals surface area contributed by atoms with Gasteiger partial charge in [-0.3, -0.25) is 4.90 Å². The van der Waals surface area contributed by atoms with Gasteiger partial charge >= 0.3 is 0 Å². The molecule has 2 heterocycles. The molecule has 4 N–H and O–H groups in total. The summed E-state index contributed by atoms with van der Waals surface area (Å²) < 4.78 is 0. The van der Waals surface area contributed by atoms with Crippen LogP contribution in [0.15, 0.2) is 6.20 Å². The lowest BCUT2D eigenvalue weighted by Gasteiger charge is -2.29. The quantitative estimate of drug-likeness (QED) is 0.874. The molecule has 19 heavy (non-hydrogen) atoms. The average Bonchev–Trinajstić information content (AvgIpc) is 2.86. The van der Waals surface area contributed by atoms with E-state index in [0.717, 1.165) is 19.0 Å². The van der Waals surface area contributed by atoms with Crippen molar-refractivity contribution in [2.75, 3.05) is 18.8 Å². The van der Waals surface area contributed by atoms with E-state index in [9.17, 15) is 0 Å². The van der Waals surface area contributed by atoms with Crippen molar-refractivity contribution in [3.63, 3.8) is 0 Å². The molecule has 2 fully saturated rings. The summed E-state index contributed by atoms with van der Waals surface area (Å²) in [5.74, 6) is 1.54. The van der Waals surface area contributed by atoms with Crippen molar-refractivity contribution in [3.05, 3.63) is 11.1 Å². The van der Waals surface area contributed by atoms with Crippen LogP contribution in [0.3, 0.4) is 0 Å². The molecule has 0 amide bonds. The minimum absolute atomic E-state index is 0. The van der Waals surface area contributed by atoms with Gasteiger partial charge in [0, 0.05) is 36.8 Å². The zero-order chi connectivity index (χ0) is 11.8. The molecule has 1 aliphatic heterocycles. The molecule has 4 nitrogen and oxygen atoms in total. The Bertz CT molecular complexity index is 401. The van der Waals surface area contributed by atoms with Crippen molar-refractivity contribution in [2.24, 2.45) is 17.6 Å². The first-order valence-electron chi connectivity index (χ1n) is 6.40. The second-order valence-electron chi connectivity index (χ2n) is 5.38. The minimum atomic E-state index is 0. The zero-order valence-corrected chi connectivity index (χ0v) is 13.3. The molecule has 0 radical (unpaired) electrons. The third-order valence-electron chi connectivity index (χ3n) is 4.18. The number of rotatable bonds is 2. The van der Waals surface area contributed by atoms with E-state index in [-0.39, 0.29) is 24.8 Å². The summed E-state index contributed by atoms with van der Waals surface area (Å²) in [5, 5.41) is 0.674. The standard InChI is InChI=1S/C12H20N4S.2ClH/c13-11-3-1-2-8-5-16(7-10(8)11)6-9-4-15-12(14)17-9;;/h4,8,10-11H,1-3,5-7,13H2,(H2,14,15);2*1H. The van der Waals surface area contributed by atoms with Crippen molar-refractivity contribution in [3.8, 4) is 0 Å². The number of nitrogens with zero attached hydrogens (tertiary/aromatic N) is 2. The number of nitrogen functional groups attached to an aromatic ring is 1. The van der Waals surface area contributed by atoms with Crippen LogP contribution in [-0.4, -0.2) is 29.0 Å². The number of likely N-dealkylation sites (tertiary alicyclic amines) is 1. The summed E-state index contributed by atoms with van der Waals surface area (Å²) in [5.41, 5.74) is 11.9. The molecule has 1 saturated carbocycles. The van der Waals surface area contributed by atoms with Crippen LogP contribution in [0.1, 0.15) is 24.1 Å². The fourth-order valence-corrected chi connectivity index (χ4v) is 4.08. The molecule has 2 aliphatic rings. The number of fused-ring (bicyclic) bond motifs is 1. The van der Waals surface area contributed by atoms with Crippen molar-refractivity contribution < 1.29 is 0 Å². The molecule has 3 rings (SSSR count). The van der Waals surface area contributed by atoms with Crippen LogP contribution in [0.4, 0.5) is 5.13 Å². The number of anilines is 1. The van der Waals surface area contributed by atoms with E-state index >= 15 is 0 Å². The number of aromatic nitrogens is 1. The average molecular weight is 325 g/mol. The first kappa shape index (κ1) is 17.0. The fourth-order valence-electron chi connectivity index (χ4n) is 3.35. The minimum Gasteiger partial charge on any atom is -0.375 e. The molecule has 7 heteroatoms.